The van der Waals surface area contributed by atoms with Crippen molar-refractivity contribution < 1.29 is 39.9 Å². The van der Waals surface area contributed by atoms with Gasteiger partial charge >= 0.3 is 24.1 Å². The van der Waals surface area contributed by atoms with Gasteiger partial charge in [0.15, 0.2) is 0 Å². The van der Waals surface area contributed by atoms with E-state index in [1.807, 2.05) is 0 Å². The van der Waals surface area contributed by atoms with Crippen molar-refractivity contribution in [3.63, 3.8) is 0 Å². The summed E-state index contributed by atoms with van der Waals surface area (Å²) < 4.78 is 105. The van der Waals surface area contributed by atoms with Gasteiger partial charge in [0, 0.05) is 12.8 Å². The monoisotopic (exact) mass is 298 g/mol. The smallest absolute Gasteiger partial charge is 0.246 e. The van der Waals surface area contributed by atoms with E-state index in [1.165, 1.54) is 0 Å². The summed E-state index contributed by atoms with van der Waals surface area (Å²) in [6, 6.07) is 0. The highest BCUT2D eigenvalue weighted by Gasteiger charge is 2.67. The molecule has 0 aromatic carbocycles. The van der Waals surface area contributed by atoms with Crippen molar-refractivity contribution in [1.82, 2.24) is 0 Å². The highest BCUT2D eigenvalue weighted by molar-refractivity contribution is 4.90. The van der Waals surface area contributed by atoms with Crippen LogP contribution in [0.25, 0.3) is 0 Å². The van der Waals surface area contributed by atoms with E-state index in [0.717, 1.165) is 0 Å². The van der Waals surface area contributed by atoms with Crippen molar-refractivity contribution in [2.45, 2.75) is 36.9 Å². The molecule has 0 aromatic rings. The fourth-order valence-electron chi connectivity index (χ4n) is 0.911. The van der Waals surface area contributed by atoms with Crippen LogP contribution < -0.4 is 0 Å². The number of rotatable bonds is 8. The third kappa shape index (κ3) is 3.92. The van der Waals surface area contributed by atoms with E-state index >= 15 is 0 Å². The molecule has 0 unspecified atom stereocenters. The van der Waals surface area contributed by atoms with Crippen molar-refractivity contribution >= 4 is 0 Å². The Hall–Kier alpha value is -1.12. The topological polar surface area (TPSA) is 9.23 Å². The summed E-state index contributed by atoms with van der Waals surface area (Å²) >= 11 is 0. The van der Waals surface area contributed by atoms with Crippen molar-refractivity contribution in [1.29, 1.82) is 0 Å². The summed E-state index contributed by atoms with van der Waals surface area (Å²) in [6.45, 7) is 5.43. The molecular formula is C10H10F8O. The summed E-state index contributed by atoms with van der Waals surface area (Å²) in [5.41, 5.74) is 0. The molecule has 0 atom stereocenters. The minimum absolute atomic E-state index is 0.317. The van der Waals surface area contributed by atoms with Crippen LogP contribution in [0.3, 0.4) is 0 Å². The molecule has 0 amide bonds. The van der Waals surface area contributed by atoms with Crippen molar-refractivity contribution in [2.24, 2.45) is 0 Å². The molecule has 1 nitrogen and oxygen atoms in total. The zero-order valence-electron chi connectivity index (χ0n) is 9.42. The van der Waals surface area contributed by atoms with Crippen LogP contribution in [0.5, 0.6) is 0 Å². The molecular weight excluding hydrogens is 288 g/mol. The second-order valence-corrected chi connectivity index (χ2v) is 3.53. The summed E-state index contributed by atoms with van der Waals surface area (Å²) in [5.74, 6) is -10.2. The fourth-order valence-corrected chi connectivity index (χ4v) is 0.911. The van der Waals surface area contributed by atoms with Crippen LogP contribution in [0.1, 0.15) is 12.8 Å². The number of alkyl halides is 8. The summed E-state index contributed by atoms with van der Waals surface area (Å²) in [6.07, 6.45) is -14.4. The van der Waals surface area contributed by atoms with Crippen molar-refractivity contribution in [3.8, 4) is 0 Å². The van der Waals surface area contributed by atoms with E-state index in [2.05, 4.69) is 17.9 Å². The molecule has 0 heterocycles. The van der Waals surface area contributed by atoms with E-state index in [1.54, 1.807) is 0 Å². The van der Waals surface area contributed by atoms with Gasteiger partial charge in [-0.25, -0.2) is 4.74 Å². The summed E-state index contributed by atoms with van der Waals surface area (Å²) in [4.78, 5) is 0. The van der Waals surface area contributed by atoms with Gasteiger partial charge in [-0.15, -0.1) is 13.2 Å². The van der Waals surface area contributed by atoms with Gasteiger partial charge in [-0.2, -0.15) is 35.1 Å². The highest BCUT2D eigenvalue weighted by Crippen LogP contribution is 2.47. The Labute approximate surface area is 103 Å². The van der Waals surface area contributed by atoms with E-state index in [9.17, 15) is 35.1 Å². The maximum absolute atomic E-state index is 12.8. The Morgan fingerprint density at radius 2 is 0.947 bits per heavy atom. The lowest BCUT2D eigenvalue weighted by molar-refractivity contribution is -0.466. The van der Waals surface area contributed by atoms with E-state index in [-0.39, 0.29) is 0 Å². The molecule has 0 N–H and O–H groups in total. The predicted octanol–water partition coefficient (Wildman–Crippen LogP) is 4.61. The normalized spacial score (nSPS) is 14.3. The van der Waals surface area contributed by atoms with Gasteiger partial charge in [0.05, 0.1) is 0 Å². The van der Waals surface area contributed by atoms with Crippen LogP contribution in [0.4, 0.5) is 35.1 Å². The molecule has 0 saturated heterocycles. The molecule has 9 heteroatoms. The minimum Gasteiger partial charge on any atom is -0.246 e. The largest absolute Gasteiger partial charge is 0.424 e. The third-order valence-electron chi connectivity index (χ3n) is 1.91. The summed E-state index contributed by atoms with van der Waals surface area (Å²) in [7, 11) is 0. The van der Waals surface area contributed by atoms with E-state index < -0.39 is 36.9 Å². The second-order valence-electron chi connectivity index (χ2n) is 3.53. The first-order valence-corrected chi connectivity index (χ1v) is 4.76. The SMILES string of the molecule is C=CCC(F)(F)C(F)(F)OC(F)(F)C(F)(F)CC=C. The zero-order valence-corrected chi connectivity index (χ0v) is 9.42. The quantitative estimate of drug-likeness (QED) is 0.469. The van der Waals surface area contributed by atoms with Gasteiger partial charge in [-0.05, 0) is 0 Å². The number of ether oxygens (including phenoxy) is 1. The van der Waals surface area contributed by atoms with Gasteiger partial charge in [-0.3, -0.25) is 0 Å². The van der Waals surface area contributed by atoms with Gasteiger partial charge in [0.1, 0.15) is 0 Å². The number of halogens is 8. The van der Waals surface area contributed by atoms with E-state index in [0.29, 0.717) is 12.2 Å². The van der Waals surface area contributed by atoms with Gasteiger partial charge in [0.2, 0.25) is 0 Å². The molecule has 19 heavy (non-hydrogen) atoms. The first kappa shape index (κ1) is 17.9. The first-order chi connectivity index (χ1) is 8.33. The van der Waals surface area contributed by atoms with Gasteiger partial charge < -0.3 is 0 Å². The second kappa shape index (κ2) is 5.48. The first-order valence-electron chi connectivity index (χ1n) is 4.76. The number of allylic oxidation sites excluding steroid dienone is 2. The Morgan fingerprint density at radius 3 is 1.16 bits per heavy atom. The molecule has 0 saturated carbocycles. The van der Waals surface area contributed by atoms with Crippen LogP contribution in [0, 0.1) is 0 Å². The molecule has 0 aliphatic heterocycles. The Balaban J connectivity index is 5.19. The fraction of sp³-hybridized carbons (Fsp3) is 0.600. The molecule has 0 aliphatic carbocycles. The van der Waals surface area contributed by atoms with Crippen LogP contribution in [-0.4, -0.2) is 24.1 Å². The lowest BCUT2D eigenvalue weighted by atomic mass is 10.2. The lowest BCUT2D eigenvalue weighted by Gasteiger charge is -2.32. The van der Waals surface area contributed by atoms with E-state index in [4.69, 9.17) is 0 Å². The van der Waals surface area contributed by atoms with Crippen LogP contribution in [0.15, 0.2) is 25.3 Å². The average molecular weight is 298 g/mol. The lowest BCUT2D eigenvalue weighted by Crippen LogP contribution is -2.53. The summed E-state index contributed by atoms with van der Waals surface area (Å²) in [5, 5.41) is 0. The van der Waals surface area contributed by atoms with Gasteiger partial charge in [-0.1, -0.05) is 12.2 Å². The molecule has 112 valence electrons. The maximum Gasteiger partial charge on any atom is 0.424 e. The number of hydrogen-bond donors (Lipinski definition) is 0. The minimum atomic E-state index is -5.78. The standard InChI is InChI=1S/C10H10F8O/c1-3-5-7(11,12)9(15,16)19-10(17,18)8(13,14)6-4-2/h3-4H,1-2,5-6H2. The van der Waals surface area contributed by atoms with Crippen LogP contribution in [-0.2, 0) is 4.74 Å². The molecule has 0 bridgehead atoms. The Bertz CT molecular complexity index is 304. The van der Waals surface area contributed by atoms with Crippen molar-refractivity contribution in [3.05, 3.63) is 25.3 Å². The molecule has 0 aliphatic rings. The maximum atomic E-state index is 12.8. The van der Waals surface area contributed by atoms with Crippen molar-refractivity contribution in [2.75, 3.05) is 0 Å². The van der Waals surface area contributed by atoms with Crippen LogP contribution >= 0.6 is 0 Å². The Morgan fingerprint density at radius 1 is 0.684 bits per heavy atom. The Kier molecular flexibility index (Phi) is 5.15. The third-order valence-corrected chi connectivity index (χ3v) is 1.91. The molecule has 0 radical (unpaired) electrons. The highest BCUT2D eigenvalue weighted by atomic mass is 19.3. The molecule has 0 fully saturated rings. The molecule has 0 spiro atoms. The predicted molar refractivity (Wildman–Crippen MR) is 50.5 cm³/mol. The average Bonchev–Trinajstić information content (AvgIpc) is 2.14. The zero-order chi connectivity index (χ0) is 15.5. The molecule has 0 rings (SSSR count). The molecule has 0 aromatic heterocycles. The number of hydrogen-bond acceptors (Lipinski definition) is 1. The van der Waals surface area contributed by atoms with Crippen LogP contribution in [0.2, 0.25) is 0 Å². The van der Waals surface area contributed by atoms with Gasteiger partial charge in [0.25, 0.3) is 0 Å².